The van der Waals surface area contributed by atoms with Gasteiger partial charge < -0.3 is 10.6 Å². The van der Waals surface area contributed by atoms with Crippen molar-refractivity contribution in [3.05, 3.63) is 53.3 Å². The molecule has 7 heteroatoms. The number of benzene rings is 2. The van der Waals surface area contributed by atoms with Crippen molar-refractivity contribution in [3.8, 4) is 0 Å². The fraction of sp³-hybridized carbons (Fsp3) is 0.125. The summed E-state index contributed by atoms with van der Waals surface area (Å²) in [5, 5.41) is 4.92. The van der Waals surface area contributed by atoms with Crippen LogP contribution in [0.3, 0.4) is 0 Å². The molecule has 23 heavy (non-hydrogen) atoms. The van der Waals surface area contributed by atoms with Gasteiger partial charge in [-0.15, -0.1) is 11.8 Å². The predicted octanol–water partition coefficient (Wildman–Crippen LogP) is 3.92. The average Bonchev–Trinajstić information content (AvgIpc) is 2.51. The number of hydrogen-bond donors (Lipinski definition) is 2. The summed E-state index contributed by atoms with van der Waals surface area (Å²) >= 11 is 6.99. The van der Waals surface area contributed by atoms with Gasteiger partial charge in [0, 0.05) is 16.3 Å². The fourth-order valence-corrected chi connectivity index (χ4v) is 3.46. The minimum absolute atomic E-state index is 0.0426. The molecule has 0 fully saturated rings. The van der Waals surface area contributed by atoms with Gasteiger partial charge in [0.15, 0.2) is 0 Å². The highest BCUT2D eigenvalue weighted by Gasteiger charge is 2.28. The summed E-state index contributed by atoms with van der Waals surface area (Å²) in [4.78, 5) is 25.0. The van der Waals surface area contributed by atoms with Gasteiger partial charge in [-0.1, -0.05) is 23.7 Å². The highest BCUT2D eigenvalue weighted by atomic mass is 35.5. The van der Waals surface area contributed by atoms with Crippen molar-refractivity contribution in [3.63, 3.8) is 0 Å². The Kier molecular flexibility index (Phi) is 4.54. The molecular formula is C16H12ClFN2O2S. The monoisotopic (exact) mass is 350 g/mol. The molecule has 1 unspecified atom stereocenters. The van der Waals surface area contributed by atoms with Gasteiger partial charge in [0.2, 0.25) is 11.8 Å². The molecule has 1 aliphatic heterocycles. The maximum Gasteiger partial charge on any atom is 0.238 e. The first-order valence-corrected chi connectivity index (χ1v) is 8.10. The standard InChI is InChI=1S/C16H12ClFN2O2S/c17-9-5-6-11(10(18)7-9)19-15(21)8-14-16(22)20-12-3-1-2-4-13(12)23-14/h1-7,14H,8H2,(H,19,21)(H,20,22). The first kappa shape index (κ1) is 15.8. The molecule has 118 valence electrons. The molecular weight excluding hydrogens is 339 g/mol. The maximum atomic E-state index is 13.7. The van der Waals surface area contributed by atoms with E-state index >= 15 is 0 Å². The largest absolute Gasteiger partial charge is 0.324 e. The van der Waals surface area contributed by atoms with Crippen molar-refractivity contribution >= 4 is 46.6 Å². The van der Waals surface area contributed by atoms with E-state index in [0.717, 1.165) is 16.6 Å². The van der Waals surface area contributed by atoms with Crippen molar-refractivity contribution in [1.82, 2.24) is 0 Å². The number of halogens is 2. The molecule has 0 bridgehead atoms. The molecule has 1 heterocycles. The zero-order valence-corrected chi connectivity index (χ0v) is 13.4. The van der Waals surface area contributed by atoms with Crippen LogP contribution >= 0.6 is 23.4 Å². The summed E-state index contributed by atoms with van der Waals surface area (Å²) in [7, 11) is 0. The molecule has 0 aromatic heterocycles. The van der Waals surface area contributed by atoms with Crippen LogP contribution < -0.4 is 10.6 Å². The highest BCUT2D eigenvalue weighted by molar-refractivity contribution is 8.01. The second-order valence-corrected chi connectivity index (χ2v) is 6.65. The van der Waals surface area contributed by atoms with Gasteiger partial charge >= 0.3 is 0 Å². The number of rotatable bonds is 3. The molecule has 0 aliphatic carbocycles. The summed E-state index contributed by atoms with van der Waals surface area (Å²) < 4.78 is 13.7. The van der Waals surface area contributed by atoms with Crippen molar-refractivity contribution < 1.29 is 14.0 Å². The number of para-hydroxylation sites is 1. The van der Waals surface area contributed by atoms with E-state index in [0.29, 0.717) is 0 Å². The molecule has 3 rings (SSSR count). The summed E-state index contributed by atoms with van der Waals surface area (Å²) in [6.45, 7) is 0. The Morgan fingerprint density at radius 2 is 2.09 bits per heavy atom. The first-order valence-electron chi connectivity index (χ1n) is 6.84. The average molecular weight is 351 g/mol. The Morgan fingerprint density at radius 1 is 1.30 bits per heavy atom. The molecule has 0 saturated heterocycles. The molecule has 2 aromatic rings. The van der Waals surface area contributed by atoms with Gasteiger partial charge in [0.05, 0.1) is 16.6 Å². The van der Waals surface area contributed by atoms with Crippen molar-refractivity contribution in [1.29, 1.82) is 0 Å². The van der Waals surface area contributed by atoms with Crippen LogP contribution in [0.15, 0.2) is 47.4 Å². The van der Waals surface area contributed by atoms with E-state index < -0.39 is 17.0 Å². The van der Waals surface area contributed by atoms with Crippen LogP contribution in [-0.2, 0) is 9.59 Å². The lowest BCUT2D eigenvalue weighted by Gasteiger charge is -2.23. The number of anilines is 2. The lowest BCUT2D eigenvalue weighted by molar-refractivity contribution is -0.120. The van der Waals surface area contributed by atoms with E-state index in [-0.39, 0.29) is 23.0 Å². The smallest absolute Gasteiger partial charge is 0.238 e. The molecule has 2 aromatic carbocycles. The van der Waals surface area contributed by atoms with Crippen molar-refractivity contribution in [2.75, 3.05) is 10.6 Å². The van der Waals surface area contributed by atoms with Crippen LogP contribution in [0.5, 0.6) is 0 Å². The zero-order chi connectivity index (χ0) is 16.4. The Hall–Kier alpha value is -2.05. The van der Waals surface area contributed by atoms with Crippen molar-refractivity contribution in [2.45, 2.75) is 16.6 Å². The number of carbonyl (C=O) groups excluding carboxylic acids is 2. The van der Waals surface area contributed by atoms with E-state index in [1.165, 1.54) is 23.9 Å². The number of carbonyl (C=O) groups is 2. The first-order chi connectivity index (χ1) is 11.0. The van der Waals surface area contributed by atoms with E-state index in [1.807, 2.05) is 18.2 Å². The number of thioether (sulfide) groups is 1. The topological polar surface area (TPSA) is 58.2 Å². The highest BCUT2D eigenvalue weighted by Crippen LogP contribution is 2.36. The number of amides is 2. The van der Waals surface area contributed by atoms with Crippen LogP contribution in [0.4, 0.5) is 15.8 Å². The minimum Gasteiger partial charge on any atom is -0.324 e. The van der Waals surface area contributed by atoms with Crippen LogP contribution in [0.1, 0.15) is 6.42 Å². The SMILES string of the molecule is O=C(CC1Sc2ccccc2NC1=O)Nc1ccc(Cl)cc1F. The Morgan fingerprint density at radius 3 is 2.87 bits per heavy atom. The molecule has 1 aliphatic rings. The fourth-order valence-electron chi connectivity index (χ4n) is 2.19. The number of hydrogen-bond acceptors (Lipinski definition) is 3. The maximum absolute atomic E-state index is 13.7. The summed E-state index contributed by atoms with van der Waals surface area (Å²) in [5.74, 6) is -1.28. The van der Waals surface area contributed by atoms with Crippen LogP contribution in [-0.4, -0.2) is 17.1 Å². The lowest BCUT2D eigenvalue weighted by Crippen LogP contribution is -2.32. The molecule has 2 N–H and O–H groups in total. The third-order valence-corrected chi connectivity index (χ3v) is 4.79. The van der Waals surface area contributed by atoms with Gasteiger partial charge in [0.1, 0.15) is 5.82 Å². The quantitative estimate of drug-likeness (QED) is 0.882. The van der Waals surface area contributed by atoms with Crippen LogP contribution in [0.2, 0.25) is 5.02 Å². The van der Waals surface area contributed by atoms with Gasteiger partial charge in [-0.05, 0) is 30.3 Å². The van der Waals surface area contributed by atoms with Gasteiger partial charge in [-0.2, -0.15) is 0 Å². The van der Waals surface area contributed by atoms with Crippen LogP contribution in [0.25, 0.3) is 0 Å². The molecule has 1 atom stereocenters. The zero-order valence-electron chi connectivity index (χ0n) is 11.8. The third-order valence-electron chi connectivity index (χ3n) is 3.28. The molecule has 0 radical (unpaired) electrons. The van der Waals surface area contributed by atoms with Gasteiger partial charge in [-0.25, -0.2) is 4.39 Å². The van der Waals surface area contributed by atoms with Crippen molar-refractivity contribution in [2.24, 2.45) is 0 Å². The molecule has 0 saturated carbocycles. The van der Waals surface area contributed by atoms with E-state index in [9.17, 15) is 14.0 Å². The van der Waals surface area contributed by atoms with E-state index in [1.54, 1.807) is 6.07 Å². The second-order valence-electron chi connectivity index (χ2n) is 4.97. The Bertz CT molecular complexity index is 784. The summed E-state index contributed by atoms with van der Waals surface area (Å²) in [6.07, 6.45) is -0.0487. The van der Waals surface area contributed by atoms with Gasteiger partial charge in [-0.3, -0.25) is 9.59 Å². The number of nitrogens with one attached hydrogen (secondary N) is 2. The third kappa shape index (κ3) is 3.65. The predicted molar refractivity (Wildman–Crippen MR) is 89.4 cm³/mol. The second kappa shape index (κ2) is 6.60. The van der Waals surface area contributed by atoms with Gasteiger partial charge in [0.25, 0.3) is 0 Å². The summed E-state index contributed by atoms with van der Waals surface area (Å²) in [6, 6.07) is 11.4. The van der Waals surface area contributed by atoms with E-state index in [4.69, 9.17) is 11.6 Å². The normalized spacial score (nSPS) is 16.4. The number of fused-ring (bicyclic) bond motifs is 1. The lowest BCUT2D eigenvalue weighted by atomic mass is 10.2. The summed E-state index contributed by atoms with van der Waals surface area (Å²) in [5.41, 5.74) is 0.781. The Balaban J connectivity index is 1.67. The van der Waals surface area contributed by atoms with E-state index in [2.05, 4.69) is 10.6 Å². The molecule has 2 amide bonds. The molecule has 4 nitrogen and oxygen atoms in total. The Labute approximate surface area is 141 Å². The molecule has 0 spiro atoms. The van der Waals surface area contributed by atoms with Crippen LogP contribution in [0, 0.1) is 5.82 Å². The minimum atomic E-state index is -0.614.